The first-order chi connectivity index (χ1) is 8.31. The average molecular weight is 228 g/mol. The van der Waals surface area contributed by atoms with Crippen molar-refractivity contribution in [2.24, 2.45) is 0 Å². The number of para-hydroxylation sites is 1. The monoisotopic (exact) mass is 228 g/mol. The Morgan fingerprint density at radius 2 is 1.94 bits per heavy atom. The molecular weight excluding hydrogens is 208 g/mol. The molecule has 1 aromatic heterocycles. The number of aryl methyl sites for hydroxylation is 1. The molecule has 90 valence electrons. The van der Waals surface area contributed by atoms with E-state index in [1.54, 1.807) is 0 Å². The standard InChI is InChI=1S/C15H20N2/c1-2-3-4-5-9-13-11-12-8-6-7-10-14(12)17-15(13)16/h6-8,10-11H,2-5,9H2,1H3,(H2,16,17). The zero-order chi connectivity index (χ0) is 12.1. The average Bonchev–Trinajstić information content (AvgIpc) is 2.35. The van der Waals surface area contributed by atoms with Crippen molar-refractivity contribution in [3.63, 3.8) is 0 Å². The molecule has 0 aliphatic rings. The van der Waals surface area contributed by atoms with E-state index in [0.717, 1.165) is 11.9 Å². The van der Waals surface area contributed by atoms with E-state index in [9.17, 15) is 0 Å². The fourth-order valence-electron chi connectivity index (χ4n) is 2.12. The molecule has 17 heavy (non-hydrogen) atoms. The highest BCUT2D eigenvalue weighted by molar-refractivity contribution is 5.81. The lowest BCUT2D eigenvalue weighted by Gasteiger charge is -2.06. The Hall–Kier alpha value is -1.57. The zero-order valence-corrected chi connectivity index (χ0v) is 10.4. The van der Waals surface area contributed by atoms with Crippen molar-refractivity contribution in [1.82, 2.24) is 4.98 Å². The van der Waals surface area contributed by atoms with E-state index < -0.39 is 0 Å². The first-order valence-corrected chi connectivity index (χ1v) is 6.45. The topological polar surface area (TPSA) is 38.9 Å². The highest BCUT2D eigenvalue weighted by atomic mass is 14.8. The number of rotatable bonds is 5. The van der Waals surface area contributed by atoms with Crippen molar-refractivity contribution >= 4 is 16.7 Å². The summed E-state index contributed by atoms with van der Waals surface area (Å²) in [6.45, 7) is 2.23. The molecule has 0 atom stereocenters. The number of anilines is 1. The molecule has 1 heterocycles. The number of hydrogen-bond donors (Lipinski definition) is 1. The van der Waals surface area contributed by atoms with E-state index in [2.05, 4.69) is 24.0 Å². The van der Waals surface area contributed by atoms with Gasteiger partial charge in [-0.2, -0.15) is 0 Å². The number of unbranched alkanes of at least 4 members (excludes halogenated alkanes) is 3. The number of nitrogens with zero attached hydrogens (tertiary/aromatic N) is 1. The number of nitrogens with two attached hydrogens (primary N) is 1. The fraction of sp³-hybridized carbons (Fsp3) is 0.400. The number of hydrogen-bond acceptors (Lipinski definition) is 2. The largest absolute Gasteiger partial charge is 0.383 e. The van der Waals surface area contributed by atoms with Crippen LogP contribution in [0.25, 0.3) is 10.9 Å². The molecule has 0 saturated heterocycles. The van der Waals surface area contributed by atoms with Crippen LogP contribution in [0.2, 0.25) is 0 Å². The van der Waals surface area contributed by atoms with E-state index in [-0.39, 0.29) is 0 Å². The van der Waals surface area contributed by atoms with Crippen molar-refractivity contribution in [3.8, 4) is 0 Å². The maximum Gasteiger partial charge on any atom is 0.127 e. The Labute approximate surface area is 103 Å². The van der Waals surface area contributed by atoms with E-state index >= 15 is 0 Å². The van der Waals surface area contributed by atoms with Crippen molar-refractivity contribution in [3.05, 3.63) is 35.9 Å². The van der Waals surface area contributed by atoms with Gasteiger partial charge >= 0.3 is 0 Å². The molecule has 2 N–H and O–H groups in total. The van der Waals surface area contributed by atoms with Gasteiger partial charge in [-0.15, -0.1) is 0 Å². The molecule has 0 spiro atoms. The van der Waals surface area contributed by atoms with Crippen LogP contribution in [0.4, 0.5) is 5.82 Å². The van der Waals surface area contributed by atoms with Gasteiger partial charge in [-0.1, -0.05) is 44.4 Å². The van der Waals surface area contributed by atoms with E-state index in [1.165, 1.54) is 36.6 Å². The van der Waals surface area contributed by atoms with Crippen molar-refractivity contribution in [2.45, 2.75) is 39.0 Å². The maximum absolute atomic E-state index is 5.99. The van der Waals surface area contributed by atoms with Gasteiger partial charge in [0.2, 0.25) is 0 Å². The summed E-state index contributed by atoms with van der Waals surface area (Å²) in [5.74, 6) is 0.695. The Morgan fingerprint density at radius 3 is 2.76 bits per heavy atom. The third-order valence-corrected chi connectivity index (χ3v) is 3.14. The summed E-state index contributed by atoms with van der Waals surface area (Å²) in [6.07, 6.45) is 6.11. The molecule has 2 rings (SSSR count). The van der Waals surface area contributed by atoms with Crippen LogP contribution in [0.15, 0.2) is 30.3 Å². The lowest BCUT2D eigenvalue weighted by Crippen LogP contribution is -1.98. The van der Waals surface area contributed by atoms with Crippen molar-refractivity contribution < 1.29 is 0 Å². The number of pyridine rings is 1. The minimum atomic E-state index is 0.695. The second-order valence-electron chi connectivity index (χ2n) is 4.54. The summed E-state index contributed by atoms with van der Waals surface area (Å²) >= 11 is 0. The zero-order valence-electron chi connectivity index (χ0n) is 10.4. The SMILES string of the molecule is CCCCCCc1cc2ccccc2nc1N. The molecule has 0 fully saturated rings. The summed E-state index contributed by atoms with van der Waals surface area (Å²) in [6, 6.07) is 10.3. The fourth-order valence-corrected chi connectivity index (χ4v) is 2.12. The summed E-state index contributed by atoms with van der Waals surface area (Å²) in [5.41, 5.74) is 8.17. The Balaban J connectivity index is 2.14. The quantitative estimate of drug-likeness (QED) is 0.787. The van der Waals surface area contributed by atoms with Crippen LogP contribution in [-0.4, -0.2) is 4.98 Å². The van der Waals surface area contributed by atoms with Gasteiger partial charge in [0.1, 0.15) is 5.82 Å². The van der Waals surface area contributed by atoms with Gasteiger partial charge < -0.3 is 5.73 Å². The van der Waals surface area contributed by atoms with Gasteiger partial charge in [0.15, 0.2) is 0 Å². The molecular formula is C15H20N2. The molecule has 0 unspecified atom stereocenters. The molecule has 0 bridgehead atoms. The van der Waals surface area contributed by atoms with Crippen LogP contribution in [0.3, 0.4) is 0 Å². The molecule has 0 radical (unpaired) electrons. The number of aromatic nitrogens is 1. The van der Waals surface area contributed by atoms with E-state index in [4.69, 9.17) is 5.73 Å². The van der Waals surface area contributed by atoms with Crippen LogP contribution in [0.1, 0.15) is 38.2 Å². The minimum Gasteiger partial charge on any atom is -0.383 e. The predicted molar refractivity (Wildman–Crippen MR) is 74.0 cm³/mol. The van der Waals surface area contributed by atoms with Crippen molar-refractivity contribution in [1.29, 1.82) is 0 Å². The lowest BCUT2D eigenvalue weighted by molar-refractivity contribution is 0.667. The van der Waals surface area contributed by atoms with Crippen LogP contribution in [-0.2, 0) is 6.42 Å². The first-order valence-electron chi connectivity index (χ1n) is 6.45. The van der Waals surface area contributed by atoms with Gasteiger partial charge in [-0.25, -0.2) is 4.98 Å². The van der Waals surface area contributed by atoms with Crippen LogP contribution >= 0.6 is 0 Å². The Morgan fingerprint density at radius 1 is 1.12 bits per heavy atom. The molecule has 0 saturated carbocycles. The Kier molecular flexibility index (Phi) is 3.97. The number of fused-ring (bicyclic) bond motifs is 1. The third kappa shape index (κ3) is 2.96. The molecule has 0 aliphatic carbocycles. The van der Waals surface area contributed by atoms with Crippen LogP contribution in [0, 0.1) is 0 Å². The molecule has 1 aromatic carbocycles. The molecule has 2 aromatic rings. The van der Waals surface area contributed by atoms with Crippen LogP contribution in [0.5, 0.6) is 0 Å². The molecule has 2 nitrogen and oxygen atoms in total. The normalized spacial score (nSPS) is 10.9. The Bertz CT molecular complexity index is 491. The van der Waals surface area contributed by atoms with Gasteiger partial charge in [0.05, 0.1) is 5.52 Å². The minimum absolute atomic E-state index is 0.695. The van der Waals surface area contributed by atoms with Gasteiger partial charge in [-0.3, -0.25) is 0 Å². The van der Waals surface area contributed by atoms with Gasteiger partial charge in [-0.05, 0) is 30.5 Å². The highest BCUT2D eigenvalue weighted by Gasteiger charge is 2.03. The third-order valence-electron chi connectivity index (χ3n) is 3.14. The first kappa shape index (κ1) is 11.9. The maximum atomic E-state index is 5.99. The molecule has 2 heteroatoms. The number of nitrogen functional groups attached to an aromatic ring is 1. The summed E-state index contributed by atoms with van der Waals surface area (Å²) < 4.78 is 0. The highest BCUT2D eigenvalue weighted by Crippen LogP contribution is 2.20. The smallest absolute Gasteiger partial charge is 0.127 e. The number of benzene rings is 1. The summed E-state index contributed by atoms with van der Waals surface area (Å²) in [4.78, 5) is 4.45. The van der Waals surface area contributed by atoms with E-state index in [1.807, 2.05) is 18.2 Å². The van der Waals surface area contributed by atoms with Crippen molar-refractivity contribution in [2.75, 3.05) is 5.73 Å². The predicted octanol–water partition coefficient (Wildman–Crippen LogP) is 3.94. The molecule has 0 amide bonds. The molecule has 0 aliphatic heterocycles. The second kappa shape index (κ2) is 5.67. The van der Waals surface area contributed by atoms with E-state index in [0.29, 0.717) is 5.82 Å². The van der Waals surface area contributed by atoms with Gasteiger partial charge in [0.25, 0.3) is 0 Å². The second-order valence-corrected chi connectivity index (χ2v) is 4.54. The lowest BCUT2D eigenvalue weighted by atomic mass is 10.0. The van der Waals surface area contributed by atoms with Gasteiger partial charge in [0, 0.05) is 5.39 Å². The van der Waals surface area contributed by atoms with Crippen LogP contribution < -0.4 is 5.73 Å². The summed E-state index contributed by atoms with van der Waals surface area (Å²) in [7, 11) is 0. The summed E-state index contributed by atoms with van der Waals surface area (Å²) in [5, 5.41) is 1.19.